The second kappa shape index (κ2) is 4.80. The molecule has 2 unspecified atom stereocenters. The lowest BCUT2D eigenvalue weighted by atomic mass is 10.2. The maximum absolute atomic E-state index is 6.06. The van der Waals surface area contributed by atoms with E-state index < -0.39 is 6.29 Å². The zero-order chi connectivity index (χ0) is 10.8. The number of hydrogen-bond acceptors (Lipinski definition) is 3. The summed E-state index contributed by atoms with van der Waals surface area (Å²) < 4.78 is 12.0. The summed E-state index contributed by atoms with van der Waals surface area (Å²) in [5.74, 6) is 0. The Morgan fingerprint density at radius 1 is 1.53 bits per heavy atom. The fraction of sp³-hybridized carbons (Fsp3) is 0.400. The highest BCUT2D eigenvalue weighted by atomic mass is 79.9. The first kappa shape index (κ1) is 11.4. The molecule has 3 nitrogen and oxygen atoms in total. The summed E-state index contributed by atoms with van der Waals surface area (Å²) in [7, 11) is 0. The topological polar surface area (TPSA) is 44.5 Å². The molecule has 0 aromatic heterocycles. The van der Waals surface area contributed by atoms with Gasteiger partial charge in [-0.3, -0.25) is 0 Å². The molecule has 1 fully saturated rings. The number of ether oxygens (including phenoxy) is 2. The molecular weight excluding hydrogens is 281 g/mol. The maximum atomic E-state index is 6.06. The molecule has 1 aromatic carbocycles. The van der Waals surface area contributed by atoms with Crippen LogP contribution in [-0.2, 0) is 9.47 Å². The third-order valence-corrected chi connectivity index (χ3v) is 3.06. The molecule has 15 heavy (non-hydrogen) atoms. The Hall–Kier alpha value is -0.130. The van der Waals surface area contributed by atoms with Crippen molar-refractivity contribution in [2.45, 2.75) is 12.4 Å². The lowest BCUT2D eigenvalue weighted by Crippen LogP contribution is -2.21. The highest BCUT2D eigenvalue weighted by Gasteiger charge is 2.27. The molecule has 5 heteroatoms. The molecule has 0 radical (unpaired) electrons. The van der Waals surface area contributed by atoms with Gasteiger partial charge in [0.15, 0.2) is 6.29 Å². The number of rotatable bonds is 2. The van der Waals surface area contributed by atoms with Gasteiger partial charge in [-0.05, 0) is 18.2 Å². The minimum absolute atomic E-state index is 0.0370. The Morgan fingerprint density at radius 2 is 2.33 bits per heavy atom. The molecule has 82 valence electrons. The summed E-state index contributed by atoms with van der Waals surface area (Å²) in [6.45, 7) is 0.978. The van der Waals surface area contributed by atoms with E-state index >= 15 is 0 Å². The highest BCUT2D eigenvalue weighted by Crippen LogP contribution is 2.33. The zero-order valence-electron chi connectivity index (χ0n) is 7.95. The van der Waals surface area contributed by atoms with Crippen LogP contribution < -0.4 is 5.73 Å². The number of hydrogen-bond donors (Lipinski definition) is 1. The number of benzene rings is 1. The summed E-state index contributed by atoms with van der Waals surface area (Å²) in [5, 5.41) is 0.640. The summed E-state index contributed by atoms with van der Waals surface area (Å²) in [6.07, 6.45) is -0.436. The van der Waals surface area contributed by atoms with Crippen molar-refractivity contribution >= 4 is 27.5 Å². The van der Waals surface area contributed by atoms with Crippen molar-refractivity contribution in [2.24, 2.45) is 5.73 Å². The highest BCUT2D eigenvalue weighted by molar-refractivity contribution is 9.10. The monoisotopic (exact) mass is 291 g/mol. The van der Waals surface area contributed by atoms with Crippen LogP contribution in [-0.4, -0.2) is 19.3 Å². The molecule has 0 spiro atoms. The Kier molecular flexibility index (Phi) is 3.64. The van der Waals surface area contributed by atoms with Gasteiger partial charge in [-0.25, -0.2) is 0 Å². The van der Waals surface area contributed by atoms with Gasteiger partial charge in [-0.2, -0.15) is 0 Å². The van der Waals surface area contributed by atoms with Gasteiger partial charge >= 0.3 is 0 Å². The molecule has 0 saturated carbocycles. The molecule has 1 heterocycles. The SMILES string of the molecule is NCC1COC(c2cc(Br)ccc2Cl)O1. The molecule has 0 amide bonds. The summed E-state index contributed by atoms with van der Waals surface area (Å²) in [4.78, 5) is 0. The summed E-state index contributed by atoms with van der Waals surface area (Å²) >= 11 is 9.44. The number of halogens is 2. The Balaban J connectivity index is 2.19. The van der Waals surface area contributed by atoms with Crippen LogP contribution in [0, 0.1) is 0 Å². The predicted molar refractivity (Wildman–Crippen MR) is 61.8 cm³/mol. The van der Waals surface area contributed by atoms with Crippen molar-refractivity contribution in [3.63, 3.8) is 0 Å². The van der Waals surface area contributed by atoms with Crippen LogP contribution in [0.2, 0.25) is 5.02 Å². The predicted octanol–water partition coefficient (Wildman–Crippen LogP) is 2.48. The van der Waals surface area contributed by atoms with Crippen LogP contribution in [0.3, 0.4) is 0 Å². The van der Waals surface area contributed by atoms with Crippen LogP contribution in [0.1, 0.15) is 11.9 Å². The number of nitrogens with two attached hydrogens (primary N) is 1. The van der Waals surface area contributed by atoms with Crippen LogP contribution in [0.15, 0.2) is 22.7 Å². The van der Waals surface area contributed by atoms with Crippen molar-refractivity contribution in [1.29, 1.82) is 0 Å². The van der Waals surface area contributed by atoms with Crippen LogP contribution in [0.5, 0.6) is 0 Å². The van der Waals surface area contributed by atoms with Crippen molar-refractivity contribution in [3.8, 4) is 0 Å². The molecular formula is C10H11BrClNO2. The molecule has 1 aliphatic heterocycles. The standard InChI is InChI=1S/C10H11BrClNO2/c11-6-1-2-9(12)8(3-6)10-14-5-7(4-13)15-10/h1-3,7,10H,4-5,13H2. The van der Waals surface area contributed by atoms with Gasteiger partial charge in [0.25, 0.3) is 0 Å². The molecule has 0 bridgehead atoms. The Labute approximate surface area is 102 Å². The van der Waals surface area contributed by atoms with Gasteiger partial charge in [-0.1, -0.05) is 27.5 Å². The average molecular weight is 293 g/mol. The summed E-state index contributed by atoms with van der Waals surface area (Å²) in [5.41, 5.74) is 6.33. The van der Waals surface area contributed by atoms with E-state index in [4.69, 9.17) is 26.8 Å². The van der Waals surface area contributed by atoms with E-state index in [0.29, 0.717) is 18.2 Å². The second-order valence-electron chi connectivity index (χ2n) is 3.32. The van der Waals surface area contributed by atoms with Gasteiger partial charge in [0.2, 0.25) is 0 Å². The quantitative estimate of drug-likeness (QED) is 0.911. The minimum Gasteiger partial charge on any atom is -0.346 e. The van der Waals surface area contributed by atoms with Crippen LogP contribution >= 0.6 is 27.5 Å². The second-order valence-corrected chi connectivity index (χ2v) is 4.65. The van der Waals surface area contributed by atoms with Crippen molar-refractivity contribution in [2.75, 3.05) is 13.2 Å². The van der Waals surface area contributed by atoms with E-state index in [1.165, 1.54) is 0 Å². The van der Waals surface area contributed by atoms with E-state index in [0.717, 1.165) is 10.0 Å². The normalized spacial score (nSPS) is 25.8. The van der Waals surface area contributed by atoms with Crippen LogP contribution in [0.25, 0.3) is 0 Å². The lowest BCUT2D eigenvalue weighted by molar-refractivity contribution is -0.0585. The van der Waals surface area contributed by atoms with E-state index in [1.54, 1.807) is 0 Å². The smallest absolute Gasteiger partial charge is 0.185 e. The maximum Gasteiger partial charge on any atom is 0.185 e. The first-order valence-corrected chi connectivity index (χ1v) is 5.80. The Morgan fingerprint density at radius 3 is 3.00 bits per heavy atom. The largest absolute Gasteiger partial charge is 0.346 e. The zero-order valence-corrected chi connectivity index (χ0v) is 10.3. The average Bonchev–Trinajstić information content (AvgIpc) is 2.70. The molecule has 2 atom stereocenters. The van der Waals surface area contributed by atoms with Gasteiger partial charge < -0.3 is 15.2 Å². The molecule has 0 aliphatic carbocycles. The van der Waals surface area contributed by atoms with Crippen molar-refractivity contribution < 1.29 is 9.47 Å². The van der Waals surface area contributed by atoms with Gasteiger partial charge in [0, 0.05) is 21.6 Å². The van der Waals surface area contributed by atoms with E-state index in [2.05, 4.69) is 15.9 Å². The Bertz CT molecular complexity index is 361. The van der Waals surface area contributed by atoms with Gasteiger partial charge in [0.1, 0.15) is 0 Å². The third kappa shape index (κ3) is 2.52. The van der Waals surface area contributed by atoms with E-state index in [-0.39, 0.29) is 6.10 Å². The molecule has 2 N–H and O–H groups in total. The van der Waals surface area contributed by atoms with Gasteiger partial charge in [0.05, 0.1) is 12.7 Å². The van der Waals surface area contributed by atoms with Gasteiger partial charge in [-0.15, -0.1) is 0 Å². The first-order valence-electron chi connectivity index (χ1n) is 4.63. The van der Waals surface area contributed by atoms with Crippen molar-refractivity contribution in [3.05, 3.63) is 33.3 Å². The van der Waals surface area contributed by atoms with E-state index in [9.17, 15) is 0 Å². The van der Waals surface area contributed by atoms with Crippen LogP contribution in [0.4, 0.5) is 0 Å². The molecule has 1 saturated heterocycles. The van der Waals surface area contributed by atoms with Crippen molar-refractivity contribution in [1.82, 2.24) is 0 Å². The molecule has 2 rings (SSSR count). The third-order valence-electron chi connectivity index (χ3n) is 2.22. The lowest BCUT2D eigenvalue weighted by Gasteiger charge is -2.12. The first-order chi connectivity index (χ1) is 7.20. The molecule has 1 aliphatic rings. The fourth-order valence-corrected chi connectivity index (χ4v) is 2.02. The minimum atomic E-state index is -0.399. The summed E-state index contributed by atoms with van der Waals surface area (Å²) in [6, 6.07) is 5.58. The van der Waals surface area contributed by atoms with E-state index in [1.807, 2.05) is 18.2 Å². The molecule has 1 aromatic rings. The fourth-order valence-electron chi connectivity index (χ4n) is 1.43.